The van der Waals surface area contributed by atoms with Crippen molar-refractivity contribution < 1.29 is 9.53 Å². The molecule has 0 N–H and O–H groups in total. The summed E-state index contributed by atoms with van der Waals surface area (Å²) in [5.74, 6) is 0.989. The Morgan fingerprint density at radius 2 is 1.60 bits per heavy atom. The van der Waals surface area contributed by atoms with Crippen molar-refractivity contribution in [3.63, 3.8) is 0 Å². The molecular weight excluding hydrogens is 310 g/mol. The van der Waals surface area contributed by atoms with Gasteiger partial charge in [0.2, 0.25) is 0 Å². The van der Waals surface area contributed by atoms with Crippen LogP contribution in [-0.2, 0) is 17.8 Å². The van der Waals surface area contributed by atoms with E-state index in [4.69, 9.17) is 4.74 Å². The number of carbonyl (C=O) groups excluding carboxylic acids is 1. The number of rotatable bonds is 6. The molecule has 3 rings (SSSR count). The van der Waals surface area contributed by atoms with Crippen LogP contribution in [-0.4, -0.2) is 12.5 Å². The highest BCUT2D eigenvalue weighted by Gasteiger charge is 2.25. The van der Waals surface area contributed by atoms with E-state index in [9.17, 15) is 4.79 Å². The van der Waals surface area contributed by atoms with Crippen molar-refractivity contribution >= 4 is 11.6 Å². The SMILES string of the molecule is CCCc1ccc(OCc2ccc(N3CC(C)=C(C)C3=O)cc2)cc1. The van der Waals surface area contributed by atoms with E-state index in [-0.39, 0.29) is 5.91 Å². The van der Waals surface area contributed by atoms with E-state index in [1.165, 1.54) is 5.56 Å². The zero-order valence-corrected chi connectivity index (χ0v) is 15.2. The second kappa shape index (κ2) is 7.56. The van der Waals surface area contributed by atoms with Crippen LogP contribution in [0.15, 0.2) is 59.7 Å². The van der Waals surface area contributed by atoms with E-state index in [1.807, 2.05) is 55.1 Å². The number of carbonyl (C=O) groups is 1. The lowest BCUT2D eigenvalue weighted by Gasteiger charge is -2.17. The highest BCUT2D eigenvalue weighted by molar-refractivity contribution is 6.08. The summed E-state index contributed by atoms with van der Waals surface area (Å²) in [5, 5.41) is 0. The van der Waals surface area contributed by atoms with Crippen LogP contribution in [0.25, 0.3) is 0 Å². The zero-order valence-electron chi connectivity index (χ0n) is 15.2. The molecule has 3 nitrogen and oxygen atoms in total. The number of aryl methyl sites for hydroxylation is 1. The second-order valence-electron chi connectivity index (χ2n) is 6.65. The first-order chi connectivity index (χ1) is 12.1. The van der Waals surface area contributed by atoms with Crippen molar-refractivity contribution in [3.05, 3.63) is 70.8 Å². The van der Waals surface area contributed by atoms with Crippen LogP contribution in [0.2, 0.25) is 0 Å². The number of benzene rings is 2. The number of anilines is 1. The van der Waals surface area contributed by atoms with Gasteiger partial charge in [0, 0.05) is 17.8 Å². The average Bonchev–Trinajstić information content (AvgIpc) is 2.89. The molecule has 0 spiro atoms. The summed E-state index contributed by atoms with van der Waals surface area (Å²) in [4.78, 5) is 14.1. The molecule has 130 valence electrons. The molecule has 3 heteroatoms. The van der Waals surface area contributed by atoms with E-state index in [0.29, 0.717) is 13.2 Å². The molecule has 1 amide bonds. The fourth-order valence-corrected chi connectivity index (χ4v) is 3.00. The standard InChI is InChI=1S/C22H25NO2/c1-4-5-18-8-12-21(13-9-18)25-15-19-6-10-20(11-7-19)23-14-16(2)17(3)22(23)24/h6-13H,4-5,14-15H2,1-3H3. The van der Waals surface area contributed by atoms with Gasteiger partial charge in [0.15, 0.2) is 0 Å². The lowest BCUT2D eigenvalue weighted by Crippen LogP contribution is -2.26. The molecule has 0 atom stereocenters. The van der Waals surface area contributed by atoms with E-state index in [2.05, 4.69) is 19.1 Å². The molecule has 2 aromatic rings. The lowest BCUT2D eigenvalue weighted by molar-refractivity contribution is -0.114. The zero-order chi connectivity index (χ0) is 17.8. The molecule has 0 bridgehead atoms. The molecule has 1 aliphatic heterocycles. The third kappa shape index (κ3) is 3.93. The summed E-state index contributed by atoms with van der Waals surface area (Å²) in [5.41, 5.74) is 5.37. The molecule has 0 saturated carbocycles. The van der Waals surface area contributed by atoms with E-state index in [1.54, 1.807) is 0 Å². The summed E-state index contributed by atoms with van der Waals surface area (Å²) in [6, 6.07) is 16.3. The highest BCUT2D eigenvalue weighted by Crippen LogP contribution is 2.25. The monoisotopic (exact) mass is 335 g/mol. The van der Waals surface area contributed by atoms with Crippen molar-refractivity contribution in [1.29, 1.82) is 0 Å². The summed E-state index contributed by atoms with van der Waals surface area (Å²) in [6.45, 7) is 7.30. The van der Waals surface area contributed by atoms with Crippen molar-refractivity contribution in [2.45, 2.75) is 40.2 Å². The Bertz CT molecular complexity index is 773. The smallest absolute Gasteiger partial charge is 0.254 e. The number of nitrogens with zero attached hydrogens (tertiary/aromatic N) is 1. The van der Waals surface area contributed by atoms with Crippen LogP contribution >= 0.6 is 0 Å². The van der Waals surface area contributed by atoms with Crippen LogP contribution < -0.4 is 9.64 Å². The fourth-order valence-electron chi connectivity index (χ4n) is 3.00. The van der Waals surface area contributed by atoms with Gasteiger partial charge >= 0.3 is 0 Å². The van der Waals surface area contributed by atoms with E-state index >= 15 is 0 Å². The maximum Gasteiger partial charge on any atom is 0.254 e. The topological polar surface area (TPSA) is 29.5 Å². The summed E-state index contributed by atoms with van der Waals surface area (Å²) in [7, 11) is 0. The van der Waals surface area contributed by atoms with E-state index < -0.39 is 0 Å². The largest absolute Gasteiger partial charge is 0.489 e. The molecule has 0 saturated heterocycles. The van der Waals surface area contributed by atoms with Gasteiger partial charge in [-0.05, 0) is 61.2 Å². The second-order valence-corrected chi connectivity index (χ2v) is 6.65. The Morgan fingerprint density at radius 3 is 2.16 bits per heavy atom. The molecule has 25 heavy (non-hydrogen) atoms. The van der Waals surface area contributed by atoms with Crippen LogP contribution in [0.1, 0.15) is 38.3 Å². The average molecular weight is 335 g/mol. The number of hydrogen-bond donors (Lipinski definition) is 0. The minimum atomic E-state index is 0.105. The third-order valence-electron chi connectivity index (χ3n) is 4.72. The van der Waals surface area contributed by atoms with Crippen molar-refractivity contribution in [3.8, 4) is 5.75 Å². The first kappa shape index (κ1) is 17.3. The Labute approximate surface area is 149 Å². The predicted molar refractivity (Wildman–Crippen MR) is 102 cm³/mol. The summed E-state index contributed by atoms with van der Waals surface area (Å²) >= 11 is 0. The van der Waals surface area contributed by atoms with Crippen LogP contribution in [0.3, 0.4) is 0 Å². The van der Waals surface area contributed by atoms with Crippen molar-refractivity contribution in [1.82, 2.24) is 0 Å². The molecule has 0 aliphatic carbocycles. The minimum absolute atomic E-state index is 0.105. The van der Waals surface area contributed by atoms with Crippen LogP contribution in [0.4, 0.5) is 5.69 Å². The highest BCUT2D eigenvalue weighted by atomic mass is 16.5. The molecular formula is C22H25NO2. The van der Waals surface area contributed by atoms with Gasteiger partial charge in [0.25, 0.3) is 5.91 Å². The van der Waals surface area contributed by atoms with Gasteiger partial charge in [0.05, 0.1) is 0 Å². The number of amides is 1. The predicted octanol–water partition coefficient (Wildman–Crippen LogP) is 4.90. The molecule has 0 fully saturated rings. The Morgan fingerprint density at radius 1 is 0.960 bits per heavy atom. The lowest BCUT2D eigenvalue weighted by atomic mass is 10.1. The maximum atomic E-state index is 12.2. The number of ether oxygens (including phenoxy) is 1. The van der Waals surface area contributed by atoms with Gasteiger partial charge in [-0.2, -0.15) is 0 Å². The van der Waals surface area contributed by atoms with Gasteiger partial charge in [0.1, 0.15) is 12.4 Å². The van der Waals surface area contributed by atoms with Gasteiger partial charge in [-0.25, -0.2) is 0 Å². The maximum absolute atomic E-state index is 12.2. The molecule has 1 heterocycles. The summed E-state index contributed by atoms with van der Waals surface area (Å²) in [6.07, 6.45) is 2.26. The van der Waals surface area contributed by atoms with Gasteiger partial charge in [-0.1, -0.05) is 37.6 Å². The molecule has 0 radical (unpaired) electrons. The quantitative estimate of drug-likeness (QED) is 0.751. The molecule has 2 aromatic carbocycles. The third-order valence-corrected chi connectivity index (χ3v) is 4.72. The molecule has 0 unspecified atom stereocenters. The first-order valence-electron chi connectivity index (χ1n) is 8.87. The van der Waals surface area contributed by atoms with Crippen LogP contribution in [0, 0.1) is 0 Å². The number of hydrogen-bond acceptors (Lipinski definition) is 2. The minimum Gasteiger partial charge on any atom is -0.489 e. The van der Waals surface area contributed by atoms with Gasteiger partial charge in [-0.15, -0.1) is 0 Å². The molecule has 0 aromatic heterocycles. The fraction of sp³-hybridized carbons (Fsp3) is 0.318. The normalized spacial score (nSPS) is 14.4. The first-order valence-corrected chi connectivity index (χ1v) is 8.87. The van der Waals surface area contributed by atoms with E-state index in [0.717, 1.165) is 41.0 Å². The van der Waals surface area contributed by atoms with Gasteiger partial charge < -0.3 is 9.64 Å². The molecule has 1 aliphatic rings. The van der Waals surface area contributed by atoms with Crippen LogP contribution in [0.5, 0.6) is 5.75 Å². The Hall–Kier alpha value is -2.55. The summed E-state index contributed by atoms with van der Waals surface area (Å²) < 4.78 is 5.86. The Kier molecular flexibility index (Phi) is 5.22. The van der Waals surface area contributed by atoms with Crippen molar-refractivity contribution in [2.75, 3.05) is 11.4 Å². The van der Waals surface area contributed by atoms with Gasteiger partial charge in [-0.3, -0.25) is 4.79 Å². The van der Waals surface area contributed by atoms with Crippen molar-refractivity contribution in [2.24, 2.45) is 0 Å². The Balaban J connectivity index is 1.59.